The molecule has 40 heavy (non-hydrogen) atoms. The number of rotatable bonds is 8. The van der Waals surface area contributed by atoms with Gasteiger partial charge in [-0.3, -0.25) is 24.1 Å². The molecule has 0 spiro atoms. The highest BCUT2D eigenvalue weighted by Gasteiger charge is 2.39. The molecule has 0 radical (unpaired) electrons. The molecule has 3 atom stereocenters. The lowest BCUT2D eigenvalue weighted by Crippen LogP contribution is -2.46. The Hall–Kier alpha value is -4.81. The molecule has 0 saturated carbocycles. The van der Waals surface area contributed by atoms with Gasteiger partial charge in [-0.25, -0.2) is 9.59 Å². The SMILES string of the molecule is O=C(OC[C@@H]1O[C@H](n2cc(F)c(=O)n(C(=O)c3cccnc3)c2=O)CC1OCc1ccccc1)c1cccnc1. The van der Waals surface area contributed by atoms with Crippen molar-refractivity contribution in [2.45, 2.75) is 31.5 Å². The zero-order valence-electron chi connectivity index (χ0n) is 21.0. The van der Waals surface area contributed by atoms with Gasteiger partial charge in [0.05, 0.1) is 30.0 Å². The van der Waals surface area contributed by atoms with Gasteiger partial charge in [0.15, 0.2) is 0 Å². The van der Waals surface area contributed by atoms with E-state index >= 15 is 0 Å². The predicted molar refractivity (Wildman–Crippen MR) is 137 cm³/mol. The molecule has 4 heterocycles. The third-order valence-corrected chi connectivity index (χ3v) is 6.26. The molecule has 0 N–H and O–H groups in total. The van der Waals surface area contributed by atoms with Crippen LogP contribution >= 0.6 is 0 Å². The van der Waals surface area contributed by atoms with Crippen LogP contribution in [0.15, 0.2) is 95.2 Å². The molecule has 1 aromatic carbocycles. The Morgan fingerprint density at radius 2 is 1.68 bits per heavy atom. The van der Waals surface area contributed by atoms with Crippen LogP contribution in [0, 0.1) is 5.82 Å². The number of benzene rings is 1. The van der Waals surface area contributed by atoms with Crippen molar-refractivity contribution in [2.75, 3.05) is 6.61 Å². The molecule has 1 aliphatic heterocycles. The highest BCUT2D eigenvalue weighted by Crippen LogP contribution is 2.31. The van der Waals surface area contributed by atoms with E-state index in [1.807, 2.05) is 30.3 Å². The van der Waals surface area contributed by atoms with E-state index in [9.17, 15) is 23.6 Å². The van der Waals surface area contributed by atoms with Crippen molar-refractivity contribution < 1.29 is 28.2 Å². The van der Waals surface area contributed by atoms with Crippen LogP contribution in [0.4, 0.5) is 4.39 Å². The molecule has 4 aromatic rings. The third kappa shape index (κ3) is 5.77. The largest absolute Gasteiger partial charge is 0.459 e. The molecule has 0 bridgehead atoms. The first-order valence-electron chi connectivity index (χ1n) is 12.3. The smallest absolute Gasteiger partial charge is 0.340 e. The number of nitrogens with zero attached hydrogens (tertiary/aromatic N) is 4. The maximum absolute atomic E-state index is 14.7. The standard InChI is InChI=1S/C28H23FN4O7/c29-21-15-32(28(37)33(26(21)35)25(34)19-8-4-10-30-13-19)24-12-22(38-16-18-6-2-1-3-7-18)23(40-24)17-39-27(36)20-9-5-11-31-14-20/h1-11,13-15,22-24H,12,16-17H2/t22?,23-,24-/m0/s1. The van der Waals surface area contributed by atoms with Crippen LogP contribution in [-0.4, -0.2) is 49.8 Å². The van der Waals surface area contributed by atoms with Crippen LogP contribution in [0.1, 0.15) is 38.9 Å². The summed E-state index contributed by atoms with van der Waals surface area (Å²) >= 11 is 0. The van der Waals surface area contributed by atoms with Crippen molar-refractivity contribution in [3.63, 3.8) is 0 Å². The maximum Gasteiger partial charge on any atom is 0.340 e. The van der Waals surface area contributed by atoms with E-state index < -0.39 is 47.4 Å². The van der Waals surface area contributed by atoms with Crippen LogP contribution in [0.5, 0.6) is 0 Å². The lowest BCUT2D eigenvalue weighted by Gasteiger charge is -2.19. The second-order valence-corrected chi connectivity index (χ2v) is 8.89. The molecule has 3 aromatic heterocycles. The summed E-state index contributed by atoms with van der Waals surface area (Å²) in [6.45, 7) is -0.0495. The van der Waals surface area contributed by atoms with Gasteiger partial charge in [0, 0.05) is 31.2 Å². The molecule has 204 valence electrons. The van der Waals surface area contributed by atoms with E-state index in [1.54, 1.807) is 12.1 Å². The molecule has 11 nitrogen and oxygen atoms in total. The monoisotopic (exact) mass is 546 g/mol. The fourth-order valence-electron chi connectivity index (χ4n) is 4.24. The minimum atomic E-state index is -1.40. The summed E-state index contributed by atoms with van der Waals surface area (Å²) in [7, 11) is 0. The van der Waals surface area contributed by atoms with E-state index in [4.69, 9.17) is 14.2 Å². The van der Waals surface area contributed by atoms with Crippen molar-refractivity contribution in [3.8, 4) is 0 Å². The molecule has 1 fully saturated rings. The molecule has 1 saturated heterocycles. The van der Waals surface area contributed by atoms with Gasteiger partial charge in [0.1, 0.15) is 18.9 Å². The highest BCUT2D eigenvalue weighted by atomic mass is 19.1. The fraction of sp³-hybridized carbons (Fsp3) is 0.214. The maximum atomic E-state index is 14.7. The van der Waals surface area contributed by atoms with Crippen LogP contribution in [0.2, 0.25) is 0 Å². The van der Waals surface area contributed by atoms with Gasteiger partial charge < -0.3 is 14.2 Å². The number of pyridine rings is 2. The topological polar surface area (TPSA) is 132 Å². The summed E-state index contributed by atoms with van der Waals surface area (Å²) in [5.41, 5.74) is -1.46. The highest BCUT2D eigenvalue weighted by molar-refractivity contribution is 5.95. The summed E-state index contributed by atoms with van der Waals surface area (Å²) in [6.07, 6.45) is 3.52. The first-order chi connectivity index (χ1) is 19.4. The first kappa shape index (κ1) is 26.8. The second-order valence-electron chi connectivity index (χ2n) is 8.89. The van der Waals surface area contributed by atoms with Crippen LogP contribution in [0.25, 0.3) is 0 Å². The average Bonchev–Trinajstić information content (AvgIpc) is 3.40. The molecule has 12 heteroatoms. The Bertz CT molecular complexity index is 1610. The molecule has 0 amide bonds. The van der Waals surface area contributed by atoms with E-state index in [0.29, 0.717) is 6.20 Å². The van der Waals surface area contributed by atoms with Gasteiger partial charge in [-0.2, -0.15) is 8.96 Å². The van der Waals surface area contributed by atoms with Crippen molar-refractivity contribution in [3.05, 3.63) is 129 Å². The molecule has 1 aliphatic rings. The van der Waals surface area contributed by atoms with Gasteiger partial charge in [0.25, 0.3) is 11.5 Å². The van der Waals surface area contributed by atoms with Crippen LogP contribution < -0.4 is 11.2 Å². The van der Waals surface area contributed by atoms with Crippen molar-refractivity contribution in [1.82, 2.24) is 19.1 Å². The zero-order valence-corrected chi connectivity index (χ0v) is 21.0. The summed E-state index contributed by atoms with van der Waals surface area (Å²) < 4.78 is 33.2. The van der Waals surface area contributed by atoms with Gasteiger partial charge >= 0.3 is 11.7 Å². The number of carbonyl (C=O) groups is 2. The second kappa shape index (κ2) is 11.9. The van der Waals surface area contributed by atoms with Crippen LogP contribution in [-0.2, 0) is 20.8 Å². The Labute approximate surface area is 226 Å². The Kier molecular flexibility index (Phi) is 7.99. The summed E-state index contributed by atoms with van der Waals surface area (Å²) in [6, 6.07) is 15.2. The number of ether oxygens (including phenoxy) is 3. The third-order valence-electron chi connectivity index (χ3n) is 6.26. The van der Waals surface area contributed by atoms with Gasteiger partial charge in [-0.15, -0.1) is 0 Å². The Balaban J connectivity index is 1.41. The van der Waals surface area contributed by atoms with Crippen molar-refractivity contribution in [2.24, 2.45) is 0 Å². The summed E-state index contributed by atoms with van der Waals surface area (Å²) in [5.74, 6) is -3.00. The lowest BCUT2D eigenvalue weighted by molar-refractivity contribution is -0.0710. The first-order valence-corrected chi connectivity index (χ1v) is 12.3. The number of halogens is 1. The minimum Gasteiger partial charge on any atom is -0.459 e. The molecular formula is C28H23FN4O7. The Morgan fingerprint density at radius 1 is 0.975 bits per heavy atom. The Morgan fingerprint density at radius 3 is 2.35 bits per heavy atom. The number of hydrogen-bond donors (Lipinski definition) is 0. The average molecular weight is 547 g/mol. The van der Waals surface area contributed by atoms with E-state index in [0.717, 1.165) is 16.3 Å². The minimum absolute atomic E-state index is 0.0422. The van der Waals surface area contributed by atoms with E-state index in [1.165, 1.54) is 30.7 Å². The van der Waals surface area contributed by atoms with Gasteiger partial charge in [0.2, 0.25) is 5.82 Å². The number of aromatic nitrogens is 4. The van der Waals surface area contributed by atoms with Crippen molar-refractivity contribution in [1.29, 1.82) is 0 Å². The molecule has 5 rings (SSSR count). The van der Waals surface area contributed by atoms with E-state index in [2.05, 4.69) is 9.97 Å². The molecular weight excluding hydrogens is 523 g/mol. The summed E-state index contributed by atoms with van der Waals surface area (Å²) in [4.78, 5) is 58.9. The van der Waals surface area contributed by atoms with Crippen LogP contribution in [0.3, 0.4) is 0 Å². The van der Waals surface area contributed by atoms with Gasteiger partial charge in [-0.05, 0) is 29.8 Å². The number of hydrogen-bond acceptors (Lipinski definition) is 9. The van der Waals surface area contributed by atoms with Gasteiger partial charge in [-0.1, -0.05) is 30.3 Å². The number of esters is 1. The molecule has 1 unspecified atom stereocenters. The van der Waals surface area contributed by atoms with E-state index in [-0.39, 0.29) is 35.3 Å². The quantitative estimate of drug-likeness (QED) is 0.306. The summed E-state index contributed by atoms with van der Waals surface area (Å²) in [5, 5.41) is 0. The number of carbonyl (C=O) groups excluding carboxylic acids is 2. The fourth-order valence-corrected chi connectivity index (χ4v) is 4.24. The lowest BCUT2D eigenvalue weighted by atomic mass is 10.1. The predicted octanol–water partition coefficient (Wildman–Crippen LogP) is 2.36. The zero-order chi connectivity index (χ0) is 28.1. The van der Waals surface area contributed by atoms with Crippen molar-refractivity contribution >= 4 is 11.9 Å². The normalized spacial score (nSPS) is 18.4. The molecule has 0 aliphatic carbocycles.